The zero-order valence-electron chi connectivity index (χ0n) is 15.0. The first-order valence-corrected chi connectivity index (χ1v) is 10.7. The summed E-state index contributed by atoms with van der Waals surface area (Å²) < 4.78 is 24.5. The third-order valence-electron chi connectivity index (χ3n) is 5.31. The van der Waals surface area contributed by atoms with Gasteiger partial charge < -0.3 is 9.80 Å². The third-order valence-corrected chi connectivity index (χ3v) is 5.98. The molecule has 2 saturated heterocycles. The van der Waals surface area contributed by atoms with Crippen LogP contribution in [0.15, 0.2) is 30.3 Å². The van der Waals surface area contributed by atoms with Crippen LogP contribution in [0.5, 0.6) is 0 Å². The topological polar surface area (TPSA) is 86.8 Å². The minimum atomic E-state index is -3.40. The number of nitrogens with one attached hydrogen (secondary N) is 1. The van der Waals surface area contributed by atoms with E-state index < -0.39 is 15.4 Å². The Bertz CT molecular complexity index is 781. The maximum atomic E-state index is 12.9. The van der Waals surface area contributed by atoms with Crippen LogP contribution in [0, 0.1) is 5.41 Å². The van der Waals surface area contributed by atoms with Crippen LogP contribution in [-0.4, -0.2) is 69.0 Å². The Kier molecular flexibility index (Phi) is 5.34. The minimum Gasteiger partial charge on any atom is -0.342 e. The van der Waals surface area contributed by atoms with Gasteiger partial charge in [-0.15, -0.1) is 0 Å². The molecule has 0 radical (unpaired) electrons. The molecule has 1 unspecified atom stereocenters. The van der Waals surface area contributed by atoms with Crippen molar-refractivity contribution in [3.8, 4) is 0 Å². The van der Waals surface area contributed by atoms with Crippen molar-refractivity contribution < 1.29 is 18.0 Å². The molecule has 2 aliphatic heterocycles. The van der Waals surface area contributed by atoms with E-state index in [1.165, 1.54) is 5.56 Å². The smallest absolute Gasteiger partial charge is 0.237 e. The summed E-state index contributed by atoms with van der Waals surface area (Å²) in [4.78, 5) is 28.6. The van der Waals surface area contributed by atoms with Crippen molar-refractivity contribution in [2.75, 3.05) is 39.0 Å². The highest BCUT2D eigenvalue weighted by molar-refractivity contribution is 7.88. The first kappa shape index (κ1) is 18.8. The summed E-state index contributed by atoms with van der Waals surface area (Å²) in [5.74, 6) is -0.150. The van der Waals surface area contributed by atoms with Crippen molar-refractivity contribution in [1.29, 1.82) is 0 Å². The Balaban J connectivity index is 1.55. The summed E-state index contributed by atoms with van der Waals surface area (Å²) in [5, 5.41) is 0. The molecule has 1 atom stereocenters. The zero-order valence-corrected chi connectivity index (χ0v) is 15.8. The summed E-state index contributed by atoms with van der Waals surface area (Å²) >= 11 is 0. The SMILES string of the molecule is CS(=O)(=O)NCC(=O)N1CCC2(CCN(CCc3ccccc3)C2=O)C1. The normalized spacial score (nSPS) is 23.2. The number of nitrogens with zero attached hydrogens (tertiary/aromatic N) is 2. The quantitative estimate of drug-likeness (QED) is 0.767. The van der Waals surface area contributed by atoms with Crippen molar-refractivity contribution in [1.82, 2.24) is 14.5 Å². The van der Waals surface area contributed by atoms with Gasteiger partial charge in [-0.1, -0.05) is 30.3 Å². The second-order valence-corrected chi connectivity index (χ2v) is 9.05. The average Bonchev–Trinajstić information content (AvgIpc) is 3.17. The lowest BCUT2D eigenvalue weighted by Gasteiger charge is -2.23. The second-order valence-electron chi connectivity index (χ2n) is 7.22. The van der Waals surface area contributed by atoms with E-state index in [2.05, 4.69) is 16.9 Å². The van der Waals surface area contributed by atoms with Crippen molar-refractivity contribution >= 4 is 21.8 Å². The monoisotopic (exact) mass is 379 g/mol. The van der Waals surface area contributed by atoms with Crippen LogP contribution in [-0.2, 0) is 26.0 Å². The summed E-state index contributed by atoms with van der Waals surface area (Å²) in [6.45, 7) is 2.05. The van der Waals surface area contributed by atoms with E-state index in [1.54, 1.807) is 4.90 Å². The van der Waals surface area contributed by atoms with Crippen molar-refractivity contribution in [3.05, 3.63) is 35.9 Å². The molecule has 2 fully saturated rings. The molecule has 0 bridgehead atoms. The first-order chi connectivity index (χ1) is 12.3. The lowest BCUT2D eigenvalue weighted by atomic mass is 9.85. The van der Waals surface area contributed by atoms with Gasteiger partial charge in [0, 0.05) is 26.2 Å². The predicted octanol–water partition coefficient (Wildman–Crippen LogP) is 0.229. The molecular weight excluding hydrogens is 354 g/mol. The zero-order chi connectivity index (χ0) is 18.8. The molecule has 1 spiro atoms. The fourth-order valence-corrected chi connectivity index (χ4v) is 4.17. The van der Waals surface area contributed by atoms with Gasteiger partial charge in [0.05, 0.1) is 18.2 Å². The van der Waals surface area contributed by atoms with E-state index in [4.69, 9.17) is 0 Å². The Morgan fingerprint density at radius 3 is 2.58 bits per heavy atom. The third kappa shape index (κ3) is 4.24. The second kappa shape index (κ2) is 7.36. The number of carbonyl (C=O) groups is 2. The lowest BCUT2D eigenvalue weighted by molar-refractivity contribution is -0.136. The number of sulfonamides is 1. The number of amides is 2. The highest BCUT2D eigenvalue weighted by Gasteiger charge is 2.51. The van der Waals surface area contributed by atoms with E-state index >= 15 is 0 Å². The molecule has 7 nitrogen and oxygen atoms in total. The van der Waals surface area contributed by atoms with E-state index in [9.17, 15) is 18.0 Å². The number of hydrogen-bond acceptors (Lipinski definition) is 4. The van der Waals surface area contributed by atoms with Crippen LogP contribution in [0.2, 0.25) is 0 Å². The summed E-state index contributed by atoms with van der Waals surface area (Å²) in [5.41, 5.74) is 0.716. The Morgan fingerprint density at radius 2 is 1.88 bits per heavy atom. The molecule has 1 N–H and O–H groups in total. The van der Waals surface area contributed by atoms with Crippen molar-refractivity contribution in [2.24, 2.45) is 5.41 Å². The van der Waals surface area contributed by atoms with Crippen LogP contribution in [0.4, 0.5) is 0 Å². The molecule has 1 aromatic rings. The van der Waals surface area contributed by atoms with Gasteiger partial charge in [0.1, 0.15) is 0 Å². The molecule has 2 aliphatic rings. The number of carbonyl (C=O) groups excluding carboxylic acids is 2. The average molecular weight is 379 g/mol. The predicted molar refractivity (Wildman–Crippen MR) is 97.8 cm³/mol. The molecule has 0 aliphatic carbocycles. The molecule has 2 heterocycles. The minimum absolute atomic E-state index is 0.125. The Labute approximate surface area is 154 Å². The van der Waals surface area contributed by atoms with Gasteiger partial charge in [-0.05, 0) is 24.8 Å². The Morgan fingerprint density at radius 1 is 1.19 bits per heavy atom. The molecule has 26 heavy (non-hydrogen) atoms. The molecule has 142 valence electrons. The van der Waals surface area contributed by atoms with Gasteiger partial charge in [0.25, 0.3) is 0 Å². The highest BCUT2D eigenvalue weighted by atomic mass is 32.2. The van der Waals surface area contributed by atoms with Gasteiger partial charge in [-0.25, -0.2) is 13.1 Å². The van der Waals surface area contributed by atoms with Gasteiger partial charge in [0.2, 0.25) is 21.8 Å². The number of benzene rings is 1. The van der Waals surface area contributed by atoms with E-state index in [-0.39, 0.29) is 18.4 Å². The van der Waals surface area contributed by atoms with Crippen LogP contribution in [0.25, 0.3) is 0 Å². The van der Waals surface area contributed by atoms with Crippen LogP contribution >= 0.6 is 0 Å². The molecule has 2 amide bonds. The van der Waals surface area contributed by atoms with E-state index in [0.717, 1.165) is 25.6 Å². The molecule has 0 saturated carbocycles. The maximum absolute atomic E-state index is 12.9. The molecule has 8 heteroatoms. The highest BCUT2D eigenvalue weighted by Crippen LogP contribution is 2.40. The largest absolute Gasteiger partial charge is 0.342 e. The molecular formula is C18H25N3O4S. The van der Waals surface area contributed by atoms with E-state index in [0.29, 0.717) is 26.1 Å². The molecule has 1 aromatic carbocycles. The molecule has 0 aromatic heterocycles. The number of likely N-dealkylation sites (tertiary alicyclic amines) is 2. The van der Waals surface area contributed by atoms with Crippen LogP contribution in [0.1, 0.15) is 18.4 Å². The van der Waals surface area contributed by atoms with Crippen LogP contribution in [0.3, 0.4) is 0 Å². The van der Waals surface area contributed by atoms with Crippen molar-refractivity contribution in [2.45, 2.75) is 19.3 Å². The lowest BCUT2D eigenvalue weighted by Crippen LogP contribution is -2.42. The standard InChI is InChI=1S/C18H25N3O4S/c1-26(24,25)19-13-16(22)21-12-9-18(14-21)8-11-20(17(18)23)10-7-15-5-3-2-4-6-15/h2-6,19H,7-14H2,1H3. The van der Waals surface area contributed by atoms with Gasteiger partial charge in [-0.3, -0.25) is 9.59 Å². The number of rotatable bonds is 6. The van der Waals surface area contributed by atoms with Gasteiger partial charge in [-0.2, -0.15) is 0 Å². The Hall–Kier alpha value is -1.93. The van der Waals surface area contributed by atoms with Crippen LogP contribution < -0.4 is 4.72 Å². The summed E-state index contributed by atoms with van der Waals surface area (Å²) in [7, 11) is -3.40. The maximum Gasteiger partial charge on any atom is 0.237 e. The summed E-state index contributed by atoms with van der Waals surface area (Å²) in [6.07, 6.45) is 3.25. The fourth-order valence-electron chi connectivity index (χ4n) is 3.78. The molecule has 3 rings (SSSR count). The fraction of sp³-hybridized carbons (Fsp3) is 0.556. The summed E-state index contributed by atoms with van der Waals surface area (Å²) in [6, 6.07) is 10.1. The van der Waals surface area contributed by atoms with Gasteiger partial charge in [0.15, 0.2) is 0 Å². The number of hydrogen-bond donors (Lipinski definition) is 1. The van der Waals surface area contributed by atoms with Crippen molar-refractivity contribution in [3.63, 3.8) is 0 Å². The van der Waals surface area contributed by atoms with Gasteiger partial charge >= 0.3 is 0 Å². The first-order valence-electron chi connectivity index (χ1n) is 8.85. The van der Waals surface area contributed by atoms with E-state index in [1.807, 2.05) is 23.1 Å².